The molecule has 1 aromatic heterocycles. The van der Waals surface area contributed by atoms with Crippen LogP contribution in [0.25, 0.3) is 5.69 Å². The molecular formula is C28H36N4O4. The van der Waals surface area contributed by atoms with Gasteiger partial charge in [0.25, 0.3) is 0 Å². The van der Waals surface area contributed by atoms with Crippen LogP contribution < -0.4 is 10.6 Å². The Hall–Kier alpha value is -3.16. The third-order valence-corrected chi connectivity index (χ3v) is 8.30. The third-order valence-electron chi connectivity index (χ3n) is 8.30. The largest absolute Gasteiger partial charge is 0.462 e. The van der Waals surface area contributed by atoms with Crippen molar-refractivity contribution in [1.29, 1.82) is 0 Å². The predicted octanol–water partition coefficient (Wildman–Crippen LogP) is 4.34. The SMILES string of the molecule is CCOC(=O)c1ccc(-n2ccnc2)c(NC(=O)C(NC(=O)C23CC4CC(CC(C4)C2)C3)C(C)C)c1. The summed E-state index contributed by atoms with van der Waals surface area (Å²) in [5.74, 6) is 1.12. The highest BCUT2D eigenvalue weighted by Crippen LogP contribution is 2.60. The Morgan fingerprint density at radius 2 is 1.78 bits per heavy atom. The van der Waals surface area contributed by atoms with E-state index in [1.165, 1.54) is 19.3 Å². The monoisotopic (exact) mass is 492 g/mol. The van der Waals surface area contributed by atoms with Gasteiger partial charge < -0.3 is 19.9 Å². The second kappa shape index (κ2) is 9.71. The topological polar surface area (TPSA) is 102 Å². The minimum absolute atomic E-state index is 0.0329. The zero-order valence-corrected chi connectivity index (χ0v) is 21.3. The van der Waals surface area contributed by atoms with Gasteiger partial charge in [0.1, 0.15) is 6.04 Å². The van der Waals surface area contributed by atoms with Gasteiger partial charge in [0.2, 0.25) is 11.8 Å². The first-order valence-corrected chi connectivity index (χ1v) is 13.2. The number of carbonyl (C=O) groups excluding carboxylic acids is 3. The van der Waals surface area contributed by atoms with E-state index in [2.05, 4.69) is 15.6 Å². The van der Waals surface area contributed by atoms with Gasteiger partial charge in [0.15, 0.2) is 0 Å². The van der Waals surface area contributed by atoms with Gasteiger partial charge in [-0.15, -0.1) is 0 Å². The minimum Gasteiger partial charge on any atom is -0.462 e. The molecule has 1 aromatic carbocycles. The highest BCUT2D eigenvalue weighted by molar-refractivity contribution is 6.01. The Kier molecular flexibility index (Phi) is 6.62. The highest BCUT2D eigenvalue weighted by atomic mass is 16.5. The van der Waals surface area contributed by atoms with Gasteiger partial charge >= 0.3 is 5.97 Å². The lowest BCUT2D eigenvalue weighted by atomic mass is 9.49. The molecule has 4 aliphatic rings. The Morgan fingerprint density at radius 3 is 2.33 bits per heavy atom. The summed E-state index contributed by atoms with van der Waals surface area (Å²) in [4.78, 5) is 43.7. The van der Waals surface area contributed by atoms with Crippen LogP contribution in [0.2, 0.25) is 0 Å². The minimum atomic E-state index is -0.688. The highest BCUT2D eigenvalue weighted by Gasteiger charge is 2.55. The molecule has 8 heteroatoms. The number of hydrogen-bond donors (Lipinski definition) is 2. The molecule has 0 radical (unpaired) electrons. The first-order chi connectivity index (χ1) is 17.3. The average molecular weight is 493 g/mol. The van der Waals surface area contributed by atoms with Crippen molar-refractivity contribution in [3.63, 3.8) is 0 Å². The fourth-order valence-electron chi connectivity index (χ4n) is 7.03. The summed E-state index contributed by atoms with van der Waals surface area (Å²) in [5, 5.41) is 6.13. The second-order valence-corrected chi connectivity index (χ2v) is 11.3. The number of rotatable bonds is 8. The molecule has 2 N–H and O–H groups in total. The molecule has 1 atom stereocenters. The van der Waals surface area contributed by atoms with E-state index in [9.17, 15) is 14.4 Å². The number of anilines is 1. The van der Waals surface area contributed by atoms with Crippen molar-refractivity contribution in [3.05, 3.63) is 42.5 Å². The van der Waals surface area contributed by atoms with Gasteiger partial charge in [-0.25, -0.2) is 9.78 Å². The fraction of sp³-hybridized carbons (Fsp3) is 0.571. The van der Waals surface area contributed by atoms with Crippen LogP contribution in [0.5, 0.6) is 0 Å². The van der Waals surface area contributed by atoms with Crippen LogP contribution in [-0.2, 0) is 14.3 Å². The maximum atomic E-state index is 13.7. The number of benzene rings is 1. The number of imidazole rings is 1. The molecule has 4 saturated carbocycles. The second-order valence-electron chi connectivity index (χ2n) is 11.3. The summed E-state index contributed by atoms with van der Waals surface area (Å²) in [5.41, 5.74) is 1.14. The lowest BCUT2D eigenvalue weighted by Gasteiger charge is -2.55. The number of nitrogens with zero attached hydrogens (tertiary/aromatic N) is 2. The van der Waals surface area contributed by atoms with Crippen molar-refractivity contribution in [1.82, 2.24) is 14.9 Å². The van der Waals surface area contributed by atoms with Crippen molar-refractivity contribution >= 4 is 23.5 Å². The maximum absolute atomic E-state index is 13.7. The molecule has 192 valence electrons. The molecule has 8 nitrogen and oxygen atoms in total. The van der Waals surface area contributed by atoms with Crippen LogP contribution in [0.1, 0.15) is 69.7 Å². The summed E-state index contributed by atoms with van der Waals surface area (Å²) in [6.07, 6.45) is 11.7. The Balaban J connectivity index is 1.37. The van der Waals surface area contributed by atoms with E-state index in [-0.39, 0.29) is 29.8 Å². The number of carbonyl (C=O) groups is 3. The number of esters is 1. The Labute approximate surface area is 212 Å². The first kappa shape index (κ1) is 24.5. The van der Waals surface area contributed by atoms with E-state index in [0.29, 0.717) is 34.7 Å². The molecule has 0 aliphatic heterocycles. The van der Waals surface area contributed by atoms with Gasteiger partial charge in [0.05, 0.1) is 29.9 Å². The predicted molar refractivity (Wildman–Crippen MR) is 136 cm³/mol. The molecular weight excluding hydrogens is 456 g/mol. The molecule has 4 aliphatic carbocycles. The Bertz CT molecular complexity index is 1110. The van der Waals surface area contributed by atoms with Gasteiger partial charge in [-0.05, 0) is 87.3 Å². The molecule has 2 aromatic rings. The van der Waals surface area contributed by atoms with E-state index in [1.807, 2.05) is 13.8 Å². The van der Waals surface area contributed by atoms with Crippen molar-refractivity contribution in [2.75, 3.05) is 11.9 Å². The number of hydrogen-bond acceptors (Lipinski definition) is 5. The zero-order chi connectivity index (χ0) is 25.4. The van der Waals surface area contributed by atoms with Crippen LogP contribution >= 0.6 is 0 Å². The van der Waals surface area contributed by atoms with Crippen LogP contribution in [-0.4, -0.2) is 40.0 Å². The molecule has 1 heterocycles. The van der Waals surface area contributed by atoms with E-state index in [4.69, 9.17) is 4.74 Å². The van der Waals surface area contributed by atoms with Gasteiger partial charge in [-0.2, -0.15) is 0 Å². The van der Waals surface area contributed by atoms with Crippen molar-refractivity contribution in [3.8, 4) is 5.69 Å². The molecule has 0 spiro atoms. The van der Waals surface area contributed by atoms with Crippen molar-refractivity contribution in [2.45, 2.75) is 65.3 Å². The van der Waals surface area contributed by atoms with Crippen molar-refractivity contribution in [2.24, 2.45) is 29.1 Å². The maximum Gasteiger partial charge on any atom is 0.338 e. The molecule has 0 saturated heterocycles. The molecule has 1 unspecified atom stereocenters. The Morgan fingerprint density at radius 1 is 1.11 bits per heavy atom. The van der Waals surface area contributed by atoms with Gasteiger partial charge in [-0.1, -0.05) is 13.8 Å². The van der Waals surface area contributed by atoms with Crippen LogP contribution in [0, 0.1) is 29.1 Å². The van der Waals surface area contributed by atoms with E-state index < -0.39 is 12.0 Å². The van der Waals surface area contributed by atoms with E-state index in [1.54, 1.807) is 48.4 Å². The van der Waals surface area contributed by atoms with Crippen molar-refractivity contribution < 1.29 is 19.1 Å². The first-order valence-electron chi connectivity index (χ1n) is 13.2. The lowest BCUT2D eigenvalue weighted by Crippen LogP contribution is -2.57. The van der Waals surface area contributed by atoms with Gasteiger partial charge in [-0.3, -0.25) is 9.59 Å². The summed E-state index contributed by atoms with van der Waals surface area (Å²) in [7, 11) is 0. The normalized spacial score (nSPS) is 27.1. The quantitative estimate of drug-likeness (QED) is 0.534. The number of amides is 2. The average Bonchev–Trinajstić information content (AvgIpc) is 3.36. The summed E-state index contributed by atoms with van der Waals surface area (Å²) in [6.45, 7) is 5.89. The van der Waals surface area contributed by atoms with Crippen LogP contribution in [0.15, 0.2) is 36.9 Å². The summed E-state index contributed by atoms with van der Waals surface area (Å²) in [6, 6.07) is 4.34. The molecule has 2 amide bonds. The molecule has 6 rings (SSSR count). The third kappa shape index (κ3) is 4.65. The zero-order valence-electron chi connectivity index (χ0n) is 21.3. The van der Waals surface area contributed by atoms with E-state index in [0.717, 1.165) is 19.3 Å². The number of aromatic nitrogens is 2. The number of nitrogens with one attached hydrogen (secondary N) is 2. The summed E-state index contributed by atoms with van der Waals surface area (Å²) < 4.78 is 6.91. The number of ether oxygens (including phenoxy) is 1. The summed E-state index contributed by atoms with van der Waals surface area (Å²) >= 11 is 0. The van der Waals surface area contributed by atoms with Crippen LogP contribution in [0.3, 0.4) is 0 Å². The lowest BCUT2D eigenvalue weighted by molar-refractivity contribution is -0.148. The standard InChI is InChI=1S/C28H36N4O4/c1-4-36-26(34)21-5-6-23(32-8-7-29-16-32)22(12-21)30-25(33)24(17(2)3)31-27(35)28-13-18-9-19(14-28)11-20(10-18)15-28/h5-8,12,16-20,24H,4,9-11,13-15H2,1-3H3,(H,30,33)(H,31,35). The molecule has 36 heavy (non-hydrogen) atoms. The molecule has 4 fully saturated rings. The van der Waals surface area contributed by atoms with Gasteiger partial charge in [0, 0.05) is 17.8 Å². The smallest absolute Gasteiger partial charge is 0.338 e. The molecule has 4 bridgehead atoms. The fourth-order valence-corrected chi connectivity index (χ4v) is 7.03. The van der Waals surface area contributed by atoms with Crippen LogP contribution in [0.4, 0.5) is 5.69 Å². The van der Waals surface area contributed by atoms with E-state index >= 15 is 0 Å².